The van der Waals surface area contributed by atoms with Crippen molar-refractivity contribution in [1.29, 1.82) is 0 Å². The molecule has 0 aliphatic heterocycles. The van der Waals surface area contributed by atoms with Crippen LogP contribution in [0.15, 0.2) is 42.5 Å². The summed E-state index contributed by atoms with van der Waals surface area (Å²) in [5.74, 6) is 0.554. The van der Waals surface area contributed by atoms with Gasteiger partial charge in [-0.05, 0) is 55.0 Å². The predicted molar refractivity (Wildman–Crippen MR) is 84.9 cm³/mol. The molecule has 21 heavy (non-hydrogen) atoms. The van der Waals surface area contributed by atoms with Crippen LogP contribution in [0.25, 0.3) is 0 Å². The molecule has 2 rings (SSSR count). The number of hydrogen-bond donors (Lipinski definition) is 2. The molecule has 0 aromatic heterocycles. The number of ether oxygens (including phenoxy) is 1. The number of hydrogen-bond acceptors (Lipinski definition) is 3. The van der Waals surface area contributed by atoms with E-state index in [1.165, 1.54) is 0 Å². The van der Waals surface area contributed by atoms with E-state index in [9.17, 15) is 4.79 Å². The van der Waals surface area contributed by atoms with Crippen LogP contribution >= 0.6 is 11.6 Å². The molecule has 110 valence electrons. The third-order valence-corrected chi connectivity index (χ3v) is 3.06. The topological polar surface area (TPSA) is 64.3 Å². The summed E-state index contributed by atoms with van der Waals surface area (Å²) in [6, 6.07) is 12.4. The Hall–Kier alpha value is -2.20. The van der Waals surface area contributed by atoms with E-state index in [4.69, 9.17) is 22.1 Å². The Labute approximate surface area is 128 Å². The van der Waals surface area contributed by atoms with Crippen LogP contribution in [-0.2, 0) is 0 Å². The van der Waals surface area contributed by atoms with Crippen molar-refractivity contribution in [2.75, 3.05) is 18.9 Å². The first-order valence-electron chi connectivity index (χ1n) is 6.58. The highest BCUT2D eigenvalue weighted by Crippen LogP contribution is 2.14. The second-order valence-corrected chi connectivity index (χ2v) is 5.13. The fourth-order valence-corrected chi connectivity index (χ4v) is 2.16. The molecule has 5 heteroatoms. The van der Waals surface area contributed by atoms with Crippen molar-refractivity contribution >= 4 is 23.2 Å². The summed E-state index contributed by atoms with van der Waals surface area (Å²) >= 11 is 5.93. The van der Waals surface area contributed by atoms with Gasteiger partial charge < -0.3 is 15.8 Å². The molecular formula is C16H17ClN2O2. The number of rotatable bonds is 5. The van der Waals surface area contributed by atoms with E-state index < -0.39 is 0 Å². The Morgan fingerprint density at radius 1 is 1.24 bits per heavy atom. The van der Waals surface area contributed by atoms with E-state index in [1.807, 2.05) is 13.0 Å². The molecule has 0 fully saturated rings. The standard InChI is InChI=1S/C16H17ClN2O2/c1-11-8-12(10-13(17)9-11)16(20)19-6-7-21-15-4-2-14(18)3-5-15/h2-5,8-10H,6-7,18H2,1H3,(H,19,20). The Morgan fingerprint density at radius 3 is 2.62 bits per heavy atom. The Kier molecular flexibility index (Phi) is 5.06. The van der Waals surface area contributed by atoms with Crippen LogP contribution in [0.4, 0.5) is 5.69 Å². The van der Waals surface area contributed by atoms with Crippen LogP contribution in [0.1, 0.15) is 15.9 Å². The minimum atomic E-state index is -0.165. The summed E-state index contributed by atoms with van der Waals surface area (Å²) in [6.07, 6.45) is 0. The van der Waals surface area contributed by atoms with Crippen LogP contribution in [0.3, 0.4) is 0 Å². The number of benzene rings is 2. The molecule has 4 nitrogen and oxygen atoms in total. The van der Waals surface area contributed by atoms with Crippen molar-refractivity contribution in [3.05, 3.63) is 58.6 Å². The van der Waals surface area contributed by atoms with Gasteiger partial charge in [0.05, 0.1) is 6.54 Å². The normalized spacial score (nSPS) is 10.2. The lowest BCUT2D eigenvalue weighted by atomic mass is 10.1. The number of carbonyl (C=O) groups excluding carboxylic acids is 1. The van der Waals surface area contributed by atoms with Gasteiger partial charge in [-0.3, -0.25) is 4.79 Å². The zero-order chi connectivity index (χ0) is 15.2. The van der Waals surface area contributed by atoms with E-state index in [0.717, 1.165) is 11.3 Å². The number of carbonyl (C=O) groups is 1. The van der Waals surface area contributed by atoms with Gasteiger partial charge in [-0.2, -0.15) is 0 Å². The first-order chi connectivity index (χ1) is 10.0. The molecule has 0 atom stereocenters. The molecule has 0 saturated carbocycles. The summed E-state index contributed by atoms with van der Waals surface area (Å²) in [5, 5.41) is 3.34. The number of nitrogen functional groups attached to an aromatic ring is 1. The number of nitrogens with two attached hydrogens (primary N) is 1. The molecule has 1 amide bonds. The van der Waals surface area contributed by atoms with Crippen molar-refractivity contribution < 1.29 is 9.53 Å². The monoisotopic (exact) mass is 304 g/mol. The zero-order valence-corrected chi connectivity index (χ0v) is 12.5. The van der Waals surface area contributed by atoms with E-state index in [1.54, 1.807) is 36.4 Å². The second-order valence-electron chi connectivity index (χ2n) is 4.69. The molecular weight excluding hydrogens is 288 g/mol. The van der Waals surface area contributed by atoms with Crippen molar-refractivity contribution in [2.24, 2.45) is 0 Å². The largest absolute Gasteiger partial charge is 0.492 e. The molecule has 0 radical (unpaired) electrons. The second kappa shape index (κ2) is 6.99. The van der Waals surface area contributed by atoms with Crippen molar-refractivity contribution in [3.63, 3.8) is 0 Å². The van der Waals surface area contributed by atoms with Crippen LogP contribution in [0.5, 0.6) is 5.75 Å². The highest BCUT2D eigenvalue weighted by Gasteiger charge is 2.06. The Balaban J connectivity index is 1.80. The number of halogens is 1. The average molecular weight is 305 g/mol. The lowest BCUT2D eigenvalue weighted by Gasteiger charge is -2.08. The maximum absolute atomic E-state index is 12.0. The molecule has 3 N–H and O–H groups in total. The van der Waals surface area contributed by atoms with E-state index in [-0.39, 0.29) is 5.91 Å². The highest BCUT2D eigenvalue weighted by molar-refractivity contribution is 6.31. The number of amides is 1. The zero-order valence-electron chi connectivity index (χ0n) is 11.7. The van der Waals surface area contributed by atoms with Crippen LogP contribution < -0.4 is 15.8 Å². The molecule has 0 spiro atoms. The van der Waals surface area contributed by atoms with Gasteiger partial charge in [-0.15, -0.1) is 0 Å². The summed E-state index contributed by atoms with van der Waals surface area (Å²) in [5.41, 5.74) is 7.77. The first kappa shape index (κ1) is 15.2. The van der Waals surface area contributed by atoms with Gasteiger partial charge in [0.1, 0.15) is 12.4 Å². The van der Waals surface area contributed by atoms with E-state index in [0.29, 0.717) is 29.4 Å². The highest BCUT2D eigenvalue weighted by atomic mass is 35.5. The van der Waals surface area contributed by atoms with Crippen LogP contribution in [0, 0.1) is 6.92 Å². The van der Waals surface area contributed by atoms with Crippen LogP contribution in [-0.4, -0.2) is 19.1 Å². The summed E-state index contributed by atoms with van der Waals surface area (Å²) in [4.78, 5) is 12.0. The Bertz CT molecular complexity index is 606. The third kappa shape index (κ3) is 4.68. The number of anilines is 1. The quantitative estimate of drug-likeness (QED) is 0.659. The van der Waals surface area contributed by atoms with Gasteiger partial charge in [-0.1, -0.05) is 11.6 Å². The molecule has 0 saturated heterocycles. The molecule has 0 heterocycles. The minimum Gasteiger partial charge on any atom is -0.492 e. The van der Waals surface area contributed by atoms with Gasteiger partial charge in [0, 0.05) is 16.3 Å². The Morgan fingerprint density at radius 2 is 1.95 bits per heavy atom. The molecule has 0 aliphatic rings. The van der Waals surface area contributed by atoms with Gasteiger partial charge in [0.15, 0.2) is 0 Å². The van der Waals surface area contributed by atoms with Gasteiger partial charge in [0.25, 0.3) is 5.91 Å². The lowest BCUT2D eigenvalue weighted by molar-refractivity contribution is 0.0947. The summed E-state index contributed by atoms with van der Waals surface area (Å²) in [6.45, 7) is 2.69. The molecule has 2 aromatic carbocycles. The van der Waals surface area contributed by atoms with Crippen LogP contribution in [0.2, 0.25) is 5.02 Å². The van der Waals surface area contributed by atoms with Gasteiger partial charge in [-0.25, -0.2) is 0 Å². The molecule has 0 aliphatic carbocycles. The molecule has 0 unspecified atom stereocenters. The fraction of sp³-hybridized carbons (Fsp3) is 0.188. The maximum Gasteiger partial charge on any atom is 0.251 e. The molecule has 2 aromatic rings. The minimum absolute atomic E-state index is 0.165. The average Bonchev–Trinajstić information content (AvgIpc) is 2.44. The molecule has 0 bridgehead atoms. The smallest absolute Gasteiger partial charge is 0.251 e. The lowest BCUT2D eigenvalue weighted by Crippen LogP contribution is -2.28. The number of nitrogens with one attached hydrogen (secondary N) is 1. The summed E-state index contributed by atoms with van der Waals surface area (Å²) in [7, 11) is 0. The van der Waals surface area contributed by atoms with Crippen molar-refractivity contribution in [3.8, 4) is 5.75 Å². The van der Waals surface area contributed by atoms with Crippen molar-refractivity contribution in [2.45, 2.75) is 6.92 Å². The van der Waals surface area contributed by atoms with Gasteiger partial charge in [0.2, 0.25) is 0 Å². The van der Waals surface area contributed by atoms with E-state index in [2.05, 4.69) is 5.32 Å². The van der Waals surface area contributed by atoms with Crippen molar-refractivity contribution in [1.82, 2.24) is 5.32 Å². The fourth-order valence-electron chi connectivity index (χ4n) is 1.87. The maximum atomic E-state index is 12.0. The summed E-state index contributed by atoms with van der Waals surface area (Å²) < 4.78 is 5.50. The third-order valence-electron chi connectivity index (χ3n) is 2.84. The van der Waals surface area contributed by atoms with Gasteiger partial charge >= 0.3 is 0 Å². The van der Waals surface area contributed by atoms with E-state index >= 15 is 0 Å². The predicted octanol–water partition coefficient (Wildman–Crippen LogP) is 3.04. The SMILES string of the molecule is Cc1cc(Cl)cc(C(=O)NCCOc2ccc(N)cc2)c1. The number of aryl methyl sites for hydroxylation is 1. The first-order valence-corrected chi connectivity index (χ1v) is 6.96.